The standard InChI is InChI=1S/C52H38N2/c1-35-34-52(54-50-17-9-5-13-45(50)46-14-6-10-18-51(46)54)36(2)33-47(35)41-27-23-38(24-28-41)20-19-37-21-25-39(26-22-37)40-29-31-42(32-30-40)53-48-15-7-3-11-43(48)44-12-4-8-16-49(44)53/h3-34H,1-2H3/b20-19+. The van der Waals surface area contributed by atoms with Crippen LogP contribution in [0, 0.1) is 13.8 Å². The molecule has 0 spiro atoms. The van der Waals surface area contributed by atoms with Crippen LogP contribution in [0.5, 0.6) is 0 Å². The second kappa shape index (κ2) is 12.9. The number of hydrogen-bond donors (Lipinski definition) is 0. The Hall–Kier alpha value is -6.90. The summed E-state index contributed by atoms with van der Waals surface area (Å²) >= 11 is 0. The van der Waals surface area contributed by atoms with Crippen LogP contribution < -0.4 is 0 Å². The van der Waals surface area contributed by atoms with Crippen molar-refractivity contribution < 1.29 is 0 Å². The van der Waals surface area contributed by atoms with E-state index in [4.69, 9.17) is 0 Å². The molecule has 10 aromatic rings. The molecule has 2 heterocycles. The van der Waals surface area contributed by atoms with Crippen molar-refractivity contribution in [2.75, 3.05) is 0 Å². The Morgan fingerprint density at radius 2 is 0.741 bits per heavy atom. The molecule has 2 nitrogen and oxygen atoms in total. The van der Waals surface area contributed by atoms with Gasteiger partial charge in [0.25, 0.3) is 0 Å². The van der Waals surface area contributed by atoms with Gasteiger partial charge in [-0.05, 0) is 107 Å². The van der Waals surface area contributed by atoms with Crippen LogP contribution in [0.1, 0.15) is 22.3 Å². The molecule has 0 bridgehead atoms. The molecule has 54 heavy (non-hydrogen) atoms. The van der Waals surface area contributed by atoms with E-state index in [1.54, 1.807) is 0 Å². The third-order valence-electron chi connectivity index (χ3n) is 11.0. The third-order valence-corrected chi connectivity index (χ3v) is 11.0. The lowest BCUT2D eigenvalue weighted by atomic mass is 9.96. The Labute approximate surface area is 315 Å². The van der Waals surface area contributed by atoms with Crippen molar-refractivity contribution in [2.24, 2.45) is 0 Å². The van der Waals surface area contributed by atoms with Gasteiger partial charge in [-0.1, -0.05) is 146 Å². The topological polar surface area (TPSA) is 9.86 Å². The number of para-hydroxylation sites is 4. The first-order valence-electron chi connectivity index (χ1n) is 18.7. The van der Waals surface area contributed by atoms with Crippen molar-refractivity contribution in [2.45, 2.75) is 13.8 Å². The highest BCUT2D eigenvalue weighted by Gasteiger charge is 2.15. The summed E-state index contributed by atoms with van der Waals surface area (Å²) in [5, 5.41) is 5.14. The second-order valence-corrected chi connectivity index (χ2v) is 14.3. The van der Waals surface area contributed by atoms with Gasteiger partial charge in [-0.2, -0.15) is 0 Å². The van der Waals surface area contributed by atoms with Crippen molar-refractivity contribution in [3.8, 4) is 33.6 Å². The summed E-state index contributed by atoms with van der Waals surface area (Å²) in [6.45, 7) is 4.45. The van der Waals surface area contributed by atoms with Crippen molar-refractivity contribution in [1.29, 1.82) is 0 Å². The van der Waals surface area contributed by atoms with Crippen LogP contribution in [0.3, 0.4) is 0 Å². The normalized spacial score (nSPS) is 11.8. The summed E-state index contributed by atoms with van der Waals surface area (Å²) in [6.07, 6.45) is 4.39. The monoisotopic (exact) mass is 690 g/mol. The van der Waals surface area contributed by atoms with E-state index in [-0.39, 0.29) is 0 Å². The largest absolute Gasteiger partial charge is 0.309 e. The molecular weight excluding hydrogens is 653 g/mol. The summed E-state index contributed by atoms with van der Waals surface area (Å²) in [4.78, 5) is 0. The fourth-order valence-electron chi connectivity index (χ4n) is 8.29. The lowest BCUT2D eigenvalue weighted by molar-refractivity contribution is 1.14. The Kier molecular flexibility index (Phi) is 7.63. The summed E-state index contributed by atoms with van der Waals surface area (Å²) in [6, 6.07) is 66.1. The van der Waals surface area contributed by atoms with Crippen LogP contribution in [0.25, 0.3) is 89.4 Å². The number of nitrogens with zero attached hydrogens (tertiary/aromatic N) is 2. The zero-order chi connectivity index (χ0) is 36.2. The molecule has 2 aromatic heterocycles. The highest BCUT2D eigenvalue weighted by Crippen LogP contribution is 2.36. The maximum absolute atomic E-state index is 2.42. The minimum absolute atomic E-state index is 1.17. The summed E-state index contributed by atoms with van der Waals surface area (Å²) in [5.74, 6) is 0. The predicted molar refractivity (Wildman–Crippen MR) is 231 cm³/mol. The van der Waals surface area contributed by atoms with Gasteiger partial charge in [0.2, 0.25) is 0 Å². The molecule has 0 radical (unpaired) electrons. The first-order valence-corrected chi connectivity index (χ1v) is 18.7. The van der Waals surface area contributed by atoms with Crippen LogP contribution in [0.15, 0.2) is 182 Å². The maximum atomic E-state index is 2.42. The van der Waals surface area contributed by atoms with Gasteiger partial charge in [-0.3, -0.25) is 0 Å². The molecule has 0 unspecified atom stereocenters. The molecule has 0 aliphatic carbocycles. The van der Waals surface area contributed by atoms with E-state index in [0.29, 0.717) is 0 Å². The van der Waals surface area contributed by atoms with Gasteiger partial charge in [0.15, 0.2) is 0 Å². The Bertz CT molecular complexity index is 2920. The number of aromatic nitrogens is 2. The minimum atomic E-state index is 1.17. The molecule has 2 heteroatoms. The SMILES string of the molecule is Cc1cc(-n2c3ccccc3c3ccccc32)c(C)cc1-c1ccc(/C=C/c2ccc(-c3ccc(-n4c5ccccc5c5ccccc54)cc3)cc2)cc1. The van der Waals surface area contributed by atoms with Crippen LogP contribution in [-0.2, 0) is 0 Å². The molecule has 256 valence electrons. The predicted octanol–water partition coefficient (Wildman–Crippen LogP) is 14.0. The molecule has 0 N–H and O–H groups in total. The zero-order valence-corrected chi connectivity index (χ0v) is 30.4. The molecule has 10 rings (SSSR count). The average molecular weight is 691 g/mol. The van der Waals surface area contributed by atoms with Crippen molar-refractivity contribution in [3.63, 3.8) is 0 Å². The number of hydrogen-bond acceptors (Lipinski definition) is 0. The van der Waals surface area contributed by atoms with Gasteiger partial charge in [-0.15, -0.1) is 0 Å². The van der Waals surface area contributed by atoms with E-state index < -0.39 is 0 Å². The van der Waals surface area contributed by atoms with E-state index in [0.717, 1.165) is 0 Å². The fourth-order valence-corrected chi connectivity index (χ4v) is 8.29. The minimum Gasteiger partial charge on any atom is -0.309 e. The Morgan fingerprint density at radius 1 is 0.352 bits per heavy atom. The van der Waals surface area contributed by atoms with Crippen LogP contribution in [0.4, 0.5) is 0 Å². The van der Waals surface area contributed by atoms with Gasteiger partial charge in [0, 0.05) is 32.9 Å². The molecule has 0 atom stereocenters. The number of rotatable bonds is 6. The van der Waals surface area contributed by atoms with Crippen molar-refractivity contribution in [3.05, 3.63) is 204 Å². The molecule has 0 fully saturated rings. The first-order chi connectivity index (χ1) is 26.6. The third kappa shape index (κ3) is 5.35. The van der Waals surface area contributed by atoms with E-state index in [2.05, 4.69) is 217 Å². The van der Waals surface area contributed by atoms with Gasteiger partial charge in [0.05, 0.1) is 22.1 Å². The number of benzene rings is 8. The zero-order valence-electron chi connectivity index (χ0n) is 30.4. The Morgan fingerprint density at radius 3 is 1.20 bits per heavy atom. The second-order valence-electron chi connectivity index (χ2n) is 14.3. The smallest absolute Gasteiger partial charge is 0.0541 e. The van der Waals surface area contributed by atoms with Gasteiger partial charge in [-0.25, -0.2) is 0 Å². The van der Waals surface area contributed by atoms with E-state index in [1.807, 2.05) is 0 Å². The molecule has 0 saturated carbocycles. The quantitative estimate of drug-likeness (QED) is 0.154. The lowest BCUT2D eigenvalue weighted by Crippen LogP contribution is -1.99. The summed E-state index contributed by atoms with van der Waals surface area (Å²) in [5.41, 5.74) is 17.1. The number of aryl methyl sites for hydroxylation is 2. The maximum Gasteiger partial charge on any atom is 0.0541 e. The first kappa shape index (κ1) is 31.8. The van der Waals surface area contributed by atoms with Gasteiger partial charge >= 0.3 is 0 Å². The average Bonchev–Trinajstić information content (AvgIpc) is 3.74. The van der Waals surface area contributed by atoms with Crippen molar-refractivity contribution >= 4 is 55.8 Å². The van der Waals surface area contributed by atoms with E-state index in [1.165, 1.54) is 99.5 Å². The van der Waals surface area contributed by atoms with Gasteiger partial charge in [0.1, 0.15) is 0 Å². The molecule has 0 aliphatic rings. The van der Waals surface area contributed by atoms with Crippen molar-refractivity contribution in [1.82, 2.24) is 9.13 Å². The van der Waals surface area contributed by atoms with E-state index in [9.17, 15) is 0 Å². The van der Waals surface area contributed by atoms with E-state index >= 15 is 0 Å². The highest BCUT2D eigenvalue weighted by molar-refractivity contribution is 6.10. The van der Waals surface area contributed by atoms with Crippen LogP contribution >= 0.6 is 0 Å². The molecular formula is C52H38N2. The summed E-state index contributed by atoms with van der Waals surface area (Å²) < 4.78 is 4.78. The fraction of sp³-hybridized carbons (Fsp3) is 0.0385. The molecule has 0 aliphatic heterocycles. The van der Waals surface area contributed by atoms with Crippen LogP contribution in [0.2, 0.25) is 0 Å². The van der Waals surface area contributed by atoms with Gasteiger partial charge < -0.3 is 9.13 Å². The van der Waals surface area contributed by atoms with Crippen LogP contribution in [-0.4, -0.2) is 9.13 Å². The molecule has 8 aromatic carbocycles. The summed E-state index contributed by atoms with van der Waals surface area (Å²) in [7, 11) is 0. The molecule has 0 amide bonds. The number of fused-ring (bicyclic) bond motifs is 6. The lowest BCUT2D eigenvalue weighted by Gasteiger charge is -2.16. The molecule has 0 saturated heterocycles. The highest BCUT2D eigenvalue weighted by atomic mass is 15.0. The Balaban J connectivity index is 0.869.